The van der Waals surface area contributed by atoms with E-state index >= 15 is 0 Å². The minimum Gasteiger partial charge on any atom is -0.316 e. The van der Waals surface area contributed by atoms with Gasteiger partial charge in [0.1, 0.15) is 5.82 Å². The molecule has 4 heteroatoms. The smallest absolute Gasteiger partial charge is 0.123 e. The molecule has 1 aliphatic heterocycles. The van der Waals surface area contributed by atoms with Gasteiger partial charge in [-0.2, -0.15) is 5.10 Å². The van der Waals surface area contributed by atoms with Crippen LogP contribution in [0.2, 0.25) is 0 Å². The van der Waals surface area contributed by atoms with Gasteiger partial charge < -0.3 is 5.32 Å². The summed E-state index contributed by atoms with van der Waals surface area (Å²) < 4.78 is 13.0. The van der Waals surface area contributed by atoms with Gasteiger partial charge in [-0.1, -0.05) is 12.1 Å². The van der Waals surface area contributed by atoms with Gasteiger partial charge in [-0.3, -0.25) is 5.10 Å². The van der Waals surface area contributed by atoms with Crippen LogP contribution in [0.25, 0.3) is 11.1 Å². The molecule has 1 aromatic carbocycles. The summed E-state index contributed by atoms with van der Waals surface area (Å²) in [6, 6.07) is 6.59. The fourth-order valence-electron chi connectivity index (χ4n) is 2.57. The van der Waals surface area contributed by atoms with Gasteiger partial charge in [-0.25, -0.2) is 4.39 Å². The van der Waals surface area contributed by atoms with Crippen LogP contribution in [0.15, 0.2) is 30.5 Å². The van der Waals surface area contributed by atoms with Crippen molar-refractivity contribution in [3.05, 3.63) is 42.0 Å². The van der Waals surface area contributed by atoms with Crippen molar-refractivity contribution in [1.29, 1.82) is 0 Å². The second-order valence-electron chi connectivity index (χ2n) is 4.75. The fourth-order valence-corrected chi connectivity index (χ4v) is 2.57. The van der Waals surface area contributed by atoms with Gasteiger partial charge in [0.05, 0.1) is 6.20 Å². The van der Waals surface area contributed by atoms with Crippen LogP contribution in [0.1, 0.15) is 24.5 Å². The second kappa shape index (κ2) is 4.90. The third-order valence-electron chi connectivity index (χ3n) is 3.53. The number of hydrogen-bond acceptors (Lipinski definition) is 2. The zero-order valence-electron chi connectivity index (χ0n) is 10.1. The summed E-state index contributed by atoms with van der Waals surface area (Å²) in [6.07, 6.45) is 4.19. The number of piperidine rings is 1. The highest BCUT2D eigenvalue weighted by molar-refractivity contribution is 5.65. The van der Waals surface area contributed by atoms with Gasteiger partial charge in [-0.05, 0) is 37.1 Å². The van der Waals surface area contributed by atoms with Crippen molar-refractivity contribution in [3.63, 3.8) is 0 Å². The van der Waals surface area contributed by atoms with E-state index in [9.17, 15) is 4.39 Å². The number of hydrogen-bond donors (Lipinski definition) is 2. The molecule has 1 saturated heterocycles. The summed E-state index contributed by atoms with van der Waals surface area (Å²) in [5.41, 5.74) is 3.27. The van der Waals surface area contributed by atoms with Crippen molar-refractivity contribution in [2.75, 3.05) is 13.1 Å². The summed E-state index contributed by atoms with van der Waals surface area (Å²) in [7, 11) is 0. The Morgan fingerprint density at radius 3 is 2.78 bits per heavy atom. The van der Waals surface area contributed by atoms with E-state index in [-0.39, 0.29) is 5.82 Å². The van der Waals surface area contributed by atoms with Crippen molar-refractivity contribution in [2.45, 2.75) is 18.8 Å². The Labute approximate surface area is 105 Å². The molecule has 0 saturated carbocycles. The third-order valence-corrected chi connectivity index (χ3v) is 3.53. The molecule has 94 valence electrons. The molecule has 0 radical (unpaired) electrons. The highest BCUT2D eigenvalue weighted by Gasteiger charge is 2.20. The Kier molecular flexibility index (Phi) is 3.11. The number of nitrogens with zero attached hydrogens (tertiary/aromatic N) is 1. The molecule has 1 fully saturated rings. The molecule has 2 N–H and O–H groups in total. The summed E-state index contributed by atoms with van der Waals surface area (Å²) >= 11 is 0. The molecular formula is C14H16FN3. The first-order valence-electron chi connectivity index (χ1n) is 6.34. The number of aromatic nitrogens is 2. The average molecular weight is 245 g/mol. The number of halogens is 1. The van der Waals surface area contributed by atoms with Gasteiger partial charge in [-0.15, -0.1) is 0 Å². The minimum atomic E-state index is -0.205. The van der Waals surface area contributed by atoms with Crippen molar-refractivity contribution in [1.82, 2.24) is 15.5 Å². The third kappa shape index (κ3) is 2.16. The largest absolute Gasteiger partial charge is 0.316 e. The molecule has 0 spiro atoms. The van der Waals surface area contributed by atoms with Crippen LogP contribution in [0.5, 0.6) is 0 Å². The summed E-state index contributed by atoms with van der Waals surface area (Å²) in [6.45, 7) is 2.08. The van der Waals surface area contributed by atoms with E-state index in [4.69, 9.17) is 0 Å². The fraction of sp³-hybridized carbons (Fsp3) is 0.357. The van der Waals surface area contributed by atoms with Crippen LogP contribution in [-0.4, -0.2) is 23.3 Å². The van der Waals surface area contributed by atoms with E-state index in [1.54, 1.807) is 12.1 Å². The van der Waals surface area contributed by atoms with Crippen LogP contribution in [-0.2, 0) is 0 Å². The molecule has 3 nitrogen and oxygen atoms in total. The molecule has 2 aromatic rings. The first-order chi connectivity index (χ1) is 8.84. The zero-order valence-corrected chi connectivity index (χ0v) is 10.1. The van der Waals surface area contributed by atoms with Crippen molar-refractivity contribution < 1.29 is 4.39 Å². The number of rotatable bonds is 2. The Morgan fingerprint density at radius 2 is 2.06 bits per heavy atom. The Morgan fingerprint density at radius 1 is 1.22 bits per heavy atom. The standard InChI is InChI=1S/C14H16FN3/c15-12-5-3-10(4-6-12)13-9-17-18-14(13)11-2-1-7-16-8-11/h3-6,9,11,16H,1-2,7-8H2,(H,17,18)/t11-/m0/s1. The van der Waals surface area contributed by atoms with Gasteiger partial charge in [0, 0.05) is 23.7 Å². The van der Waals surface area contributed by atoms with Crippen molar-refractivity contribution in [2.24, 2.45) is 0 Å². The summed E-state index contributed by atoms with van der Waals surface area (Å²) in [5, 5.41) is 10.7. The van der Waals surface area contributed by atoms with E-state index in [1.807, 2.05) is 6.20 Å². The Hall–Kier alpha value is -1.68. The van der Waals surface area contributed by atoms with Crippen molar-refractivity contribution in [3.8, 4) is 11.1 Å². The van der Waals surface area contributed by atoms with Crippen LogP contribution < -0.4 is 5.32 Å². The van der Waals surface area contributed by atoms with E-state index in [2.05, 4.69) is 15.5 Å². The molecule has 1 atom stereocenters. The Balaban J connectivity index is 1.93. The Bertz CT molecular complexity index is 512. The van der Waals surface area contributed by atoms with Gasteiger partial charge >= 0.3 is 0 Å². The lowest BCUT2D eigenvalue weighted by molar-refractivity contribution is 0.455. The molecule has 1 aliphatic rings. The lowest BCUT2D eigenvalue weighted by atomic mass is 9.91. The molecular weight excluding hydrogens is 229 g/mol. The highest BCUT2D eigenvalue weighted by Crippen LogP contribution is 2.30. The summed E-state index contributed by atoms with van der Waals surface area (Å²) in [4.78, 5) is 0. The normalized spacial score (nSPS) is 19.9. The van der Waals surface area contributed by atoms with Crippen LogP contribution in [0.3, 0.4) is 0 Å². The molecule has 18 heavy (non-hydrogen) atoms. The zero-order chi connectivity index (χ0) is 12.4. The predicted octanol–water partition coefficient (Wildman–Crippen LogP) is 2.68. The van der Waals surface area contributed by atoms with Crippen LogP contribution in [0.4, 0.5) is 4.39 Å². The number of benzene rings is 1. The van der Waals surface area contributed by atoms with Crippen molar-refractivity contribution >= 4 is 0 Å². The van der Waals surface area contributed by atoms with E-state index in [0.29, 0.717) is 5.92 Å². The maximum Gasteiger partial charge on any atom is 0.123 e. The SMILES string of the molecule is Fc1ccc(-c2cn[nH]c2[C@H]2CCCNC2)cc1. The second-order valence-corrected chi connectivity index (χ2v) is 4.75. The van der Waals surface area contributed by atoms with Gasteiger partial charge in [0.15, 0.2) is 0 Å². The lowest BCUT2D eigenvalue weighted by Gasteiger charge is -2.22. The van der Waals surface area contributed by atoms with Crippen LogP contribution >= 0.6 is 0 Å². The van der Waals surface area contributed by atoms with E-state index in [0.717, 1.165) is 29.9 Å². The molecule has 1 aromatic heterocycles. The van der Waals surface area contributed by atoms with E-state index < -0.39 is 0 Å². The number of nitrogens with one attached hydrogen (secondary N) is 2. The topological polar surface area (TPSA) is 40.7 Å². The maximum absolute atomic E-state index is 13.0. The maximum atomic E-state index is 13.0. The molecule has 3 rings (SSSR count). The number of aromatic amines is 1. The molecule has 0 bridgehead atoms. The van der Waals surface area contributed by atoms with E-state index in [1.165, 1.54) is 25.0 Å². The first kappa shape index (κ1) is 11.4. The lowest BCUT2D eigenvalue weighted by Crippen LogP contribution is -2.28. The molecule has 2 heterocycles. The predicted molar refractivity (Wildman–Crippen MR) is 68.8 cm³/mol. The minimum absolute atomic E-state index is 0.205. The first-order valence-corrected chi connectivity index (χ1v) is 6.34. The van der Waals surface area contributed by atoms with Gasteiger partial charge in [0.2, 0.25) is 0 Å². The van der Waals surface area contributed by atoms with Crippen LogP contribution in [0, 0.1) is 5.82 Å². The quantitative estimate of drug-likeness (QED) is 0.854. The highest BCUT2D eigenvalue weighted by atomic mass is 19.1. The monoisotopic (exact) mass is 245 g/mol. The molecule has 0 aliphatic carbocycles. The number of H-pyrrole nitrogens is 1. The average Bonchev–Trinajstić information content (AvgIpc) is 2.90. The summed E-state index contributed by atoms with van der Waals surface area (Å²) in [5.74, 6) is 0.268. The molecule has 0 unspecified atom stereocenters. The van der Waals surface area contributed by atoms with Gasteiger partial charge in [0.25, 0.3) is 0 Å². The molecule has 0 amide bonds.